The number of fused-ring (bicyclic) bond motifs is 2. The summed E-state index contributed by atoms with van der Waals surface area (Å²) in [5.41, 5.74) is 0. The van der Waals surface area contributed by atoms with Crippen LogP contribution < -0.4 is 10.6 Å². The van der Waals surface area contributed by atoms with Crippen molar-refractivity contribution in [2.45, 2.75) is 57.5 Å². The molecular formula is C17H31N3O. The first-order valence-electron chi connectivity index (χ1n) is 8.84. The van der Waals surface area contributed by atoms with Gasteiger partial charge in [-0.15, -0.1) is 0 Å². The molecule has 2 aliphatic carbocycles. The summed E-state index contributed by atoms with van der Waals surface area (Å²) in [7, 11) is 2.10. The van der Waals surface area contributed by atoms with Crippen molar-refractivity contribution in [3.63, 3.8) is 0 Å². The zero-order valence-electron chi connectivity index (χ0n) is 13.6. The molecule has 0 radical (unpaired) electrons. The first kappa shape index (κ1) is 15.3. The summed E-state index contributed by atoms with van der Waals surface area (Å²) in [5.74, 6) is 2.78. The number of carbonyl (C=O) groups is 1. The minimum absolute atomic E-state index is 0.214. The number of nitrogens with one attached hydrogen (secondary N) is 2. The molecule has 1 saturated heterocycles. The molecule has 1 heterocycles. The van der Waals surface area contributed by atoms with E-state index in [0.717, 1.165) is 43.7 Å². The van der Waals surface area contributed by atoms with Crippen molar-refractivity contribution in [1.29, 1.82) is 0 Å². The van der Waals surface area contributed by atoms with Gasteiger partial charge in [-0.05, 0) is 76.9 Å². The van der Waals surface area contributed by atoms with Crippen molar-refractivity contribution in [2.75, 3.05) is 26.7 Å². The molecule has 2 bridgehead atoms. The van der Waals surface area contributed by atoms with Gasteiger partial charge in [0.2, 0.25) is 5.91 Å². The van der Waals surface area contributed by atoms with Gasteiger partial charge >= 0.3 is 0 Å². The van der Waals surface area contributed by atoms with Crippen molar-refractivity contribution in [3.8, 4) is 0 Å². The number of piperidine rings is 1. The van der Waals surface area contributed by atoms with Crippen LogP contribution in [0, 0.1) is 17.8 Å². The zero-order chi connectivity index (χ0) is 14.8. The fourth-order valence-corrected chi connectivity index (χ4v) is 4.92. The Morgan fingerprint density at radius 1 is 1.24 bits per heavy atom. The summed E-state index contributed by atoms with van der Waals surface area (Å²) >= 11 is 0. The Hall–Kier alpha value is -0.610. The predicted molar refractivity (Wildman–Crippen MR) is 85.1 cm³/mol. The second kappa shape index (κ2) is 6.66. The Bertz CT molecular complexity index is 367. The second-order valence-electron chi connectivity index (χ2n) is 7.59. The molecule has 4 unspecified atom stereocenters. The first-order chi connectivity index (χ1) is 10.1. The number of rotatable bonds is 5. The third-order valence-corrected chi connectivity index (χ3v) is 6.15. The van der Waals surface area contributed by atoms with Crippen molar-refractivity contribution in [2.24, 2.45) is 17.8 Å². The third-order valence-electron chi connectivity index (χ3n) is 6.15. The molecule has 2 N–H and O–H groups in total. The summed E-state index contributed by atoms with van der Waals surface area (Å²) in [6.07, 6.45) is 7.90. The van der Waals surface area contributed by atoms with Gasteiger partial charge < -0.3 is 10.6 Å². The van der Waals surface area contributed by atoms with E-state index in [9.17, 15) is 4.79 Å². The normalized spacial score (nSPS) is 34.3. The van der Waals surface area contributed by atoms with Gasteiger partial charge in [0.1, 0.15) is 0 Å². The number of hydrogen-bond donors (Lipinski definition) is 2. The van der Waals surface area contributed by atoms with Crippen LogP contribution in [0.25, 0.3) is 0 Å². The van der Waals surface area contributed by atoms with Crippen LogP contribution in [0.2, 0.25) is 0 Å². The van der Waals surface area contributed by atoms with Gasteiger partial charge in [0.05, 0.1) is 6.54 Å². The molecule has 2 saturated carbocycles. The Morgan fingerprint density at radius 2 is 2.00 bits per heavy atom. The molecule has 4 atom stereocenters. The molecule has 0 aromatic carbocycles. The lowest BCUT2D eigenvalue weighted by Crippen LogP contribution is -2.48. The molecule has 0 spiro atoms. The van der Waals surface area contributed by atoms with E-state index < -0.39 is 0 Å². The predicted octanol–water partition coefficient (Wildman–Crippen LogP) is 1.61. The average Bonchev–Trinajstić information content (AvgIpc) is 3.10. The van der Waals surface area contributed by atoms with E-state index in [4.69, 9.17) is 0 Å². The first-order valence-corrected chi connectivity index (χ1v) is 8.84. The van der Waals surface area contributed by atoms with E-state index in [2.05, 4.69) is 29.5 Å². The molecule has 4 nitrogen and oxygen atoms in total. The van der Waals surface area contributed by atoms with Gasteiger partial charge in [0, 0.05) is 12.1 Å². The number of likely N-dealkylation sites (N-methyl/N-ethyl adjacent to an activating group) is 1. The van der Waals surface area contributed by atoms with Crippen LogP contribution >= 0.6 is 0 Å². The van der Waals surface area contributed by atoms with Gasteiger partial charge in [-0.1, -0.05) is 6.42 Å². The highest BCUT2D eigenvalue weighted by Gasteiger charge is 2.42. The third kappa shape index (κ3) is 3.59. The lowest BCUT2D eigenvalue weighted by Gasteiger charge is -2.32. The Morgan fingerprint density at radius 3 is 2.62 bits per heavy atom. The molecule has 3 fully saturated rings. The van der Waals surface area contributed by atoms with Gasteiger partial charge in [0.15, 0.2) is 0 Å². The van der Waals surface area contributed by atoms with Crippen LogP contribution in [-0.2, 0) is 4.79 Å². The maximum atomic E-state index is 12.3. The zero-order valence-corrected chi connectivity index (χ0v) is 13.6. The van der Waals surface area contributed by atoms with Crippen molar-refractivity contribution >= 4 is 5.91 Å². The summed E-state index contributed by atoms with van der Waals surface area (Å²) < 4.78 is 0. The van der Waals surface area contributed by atoms with Crippen LogP contribution in [0.1, 0.15) is 45.4 Å². The lowest BCUT2D eigenvalue weighted by atomic mass is 9.84. The largest absolute Gasteiger partial charge is 0.352 e. The molecule has 0 aromatic heterocycles. The van der Waals surface area contributed by atoms with Crippen LogP contribution in [0.3, 0.4) is 0 Å². The minimum atomic E-state index is 0.214. The summed E-state index contributed by atoms with van der Waals surface area (Å²) in [6.45, 7) is 4.93. The smallest absolute Gasteiger partial charge is 0.234 e. The summed E-state index contributed by atoms with van der Waals surface area (Å²) in [4.78, 5) is 14.5. The monoisotopic (exact) mass is 293 g/mol. The quantitative estimate of drug-likeness (QED) is 0.809. The van der Waals surface area contributed by atoms with Crippen LogP contribution in [0.5, 0.6) is 0 Å². The van der Waals surface area contributed by atoms with E-state index >= 15 is 0 Å². The van der Waals surface area contributed by atoms with Gasteiger partial charge in [0.25, 0.3) is 0 Å². The average molecular weight is 293 g/mol. The standard InChI is InChI=1S/C17H31N3O/c1-12(16-10-13-3-4-14(16)9-13)19-17(21)11-20(2)15-5-7-18-8-6-15/h12-16,18H,3-11H2,1-2H3,(H,19,21). The van der Waals surface area contributed by atoms with Gasteiger partial charge in [-0.3, -0.25) is 9.69 Å². The molecule has 1 amide bonds. The molecular weight excluding hydrogens is 262 g/mol. The number of hydrogen-bond acceptors (Lipinski definition) is 3. The molecule has 0 aromatic rings. The Balaban J connectivity index is 1.43. The second-order valence-corrected chi connectivity index (χ2v) is 7.59. The topological polar surface area (TPSA) is 44.4 Å². The molecule has 3 rings (SSSR count). The summed E-state index contributed by atoms with van der Waals surface area (Å²) in [5, 5.41) is 6.66. The maximum Gasteiger partial charge on any atom is 0.234 e. The fraction of sp³-hybridized carbons (Fsp3) is 0.941. The SMILES string of the molecule is CC(NC(=O)CN(C)C1CCNCC1)C1CC2CCC1C2. The minimum Gasteiger partial charge on any atom is -0.352 e. The molecule has 3 aliphatic rings. The van der Waals surface area contributed by atoms with E-state index in [1.54, 1.807) is 0 Å². The highest BCUT2D eigenvalue weighted by Crippen LogP contribution is 2.49. The van der Waals surface area contributed by atoms with Gasteiger partial charge in [-0.2, -0.15) is 0 Å². The van der Waals surface area contributed by atoms with Crippen molar-refractivity contribution in [3.05, 3.63) is 0 Å². The van der Waals surface area contributed by atoms with E-state index in [1.807, 2.05) is 0 Å². The van der Waals surface area contributed by atoms with Crippen molar-refractivity contribution in [1.82, 2.24) is 15.5 Å². The Kier molecular flexibility index (Phi) is 4.85. The number of carbonyl (C=O) groups excluding carboxylic acids is 1. The van der Waals surface area contributed by atoms with Crippen LogP contribution in [-0.4, -0.2) is 49.6 Å². The van der Waals surface area contributed by atoms with Gasteiger partial charge in [-0.25, -0.2) is 0 Å². The summed E-state index contributed by atoms with van der Waals surface area (Å²) in [6, 6.07) is 0.920. The molecule has 21 heavy (non-hydrogen) atoms. The highest BCUT2D eigenvalue weighted by molar-refractivity contribution is 5.78. The van der Waals surface area contributed by atoms with Crippen LogP contribution in [0.4, 0.5) is 0 Å². The maximum absolute atomic E-state index is 12.3. The lowest BCUT2D eigenvalue weighted by molar-refractivity contribution is -0.123. The van der Waals surface area contributed by atoms with E-state index in [-0.39, 0.29) is 5.91 Å². The Labute approximate surface area is 129 Å². The number of nitrogens with zero attached hydrogens (tertiary/aromatic N) is 1. The van der Waals surface area contributed by atoms with Crippen molar-refractivity contribution < 1.29 is 4.79 Å². The van der Waals surface area contributed by atoms with E-state index in [0.29, 0.717) is 18.6 Å². The molecule has 120 valence electrons. The highest BCUT2D eigenvalue weighted by atomic mass is 16.2. The van der Waals surface area contributed by atoms with Crippen LogP contribution in [0.15, 0.2) is 0 Å². The molecule has 4 heteroatoms. The number of amides is 1. The van der Waals surface area contributed by atoms with E-state index in [1.165, 1.54) is 25.7 Å². The fourth-order valence-electron chi connectivity index (χ4n) is 4.92. The molecule has 1 aliphatic heterocycles.